The quantitative estimate of drug-likeness (QED) is 0.353. The summed E-state index contributed by atoms with van der Waals surface area (Å²) in [4.78, 5) is 21.1. The lowest BCUT2D eigenvalue weighted by Gasteiger charge is -2.10. The number of aromatic nitrogens is 4. The molecule has 1 atom stereocenters. The van der Waals surface area contributed by atoms with Crippen molar-refractivity contribution in [2.24, 2.45) is 0 Å². The fraction of sp³-hybridized carbons (Fsp3) is 0.125. The van der Waals surface area contributed by atoms with Crippen LogP contribution in [0.2, 0.25) is 0 Å². The maximum Gasteiger partial charge on any atom is 0.335 e. The number of non-ortho nitro benzene ring substituents is 1. The second kappa shape index (κ2) is 7.93. The summed E-state index contributed by atoms with van der Waals surface area (Å²) in [5.74, 6) is -0.801. The number of aromatic carboxylic acids is 1. The number of nitro benzene ring substituents is 1. The lowest BCUT2D eigenvalue weighted by atomic mass is 10.1. The fourth-order valence-electron chi connectivity index (χ4n) is 2.24. The third-order valence-electron chi connectivity index (χ3n) is 3.66. The largest absolute Gasteiger partial charge is 0.478 e. The van der Waals surface area contributed by atoms with Gasteiger partial charge in [-0.2, -0.15) is 4.68 Å². The standard InChI is InChI=1S/C16H13N5O5S/c22-14(10-1-7-13(8-2-10)21(25)26)9-27-16-17-18-19-20(16)12-5-3-11(4-6-12)15(23)24/h1-8,14,22H,9H2,(H,23,24)/t14-/m1/s1. The molecule has 2 N–H and O–H groups in total. The topological polar surface area (TPSA) is 144 Å². The monoisotopic (exact) mass is 387 g/mol. The minimum atomic E-state index is -1.03. The molecule has 0 amide bonds. The van der Waals surface area contributed by atoms with Crippen molar-refractivity contribution in [3.05, 3.63) is 69.8 Å². The number of tetrazole rings is 1. The Hall–Kier alpha value is -3.31. The average molecular weight is 387 g/mol. The van der Waals surface area contributed by atoms with E-state index in [1.54, 1.807) is 12.1 Å². The molecule has 2 aromatic carbocycles. The molecule has 138 valence electrons. The molecule has 0 aliphatic heterocycles. The van der Waals surface area contributed by atoms with Gasteiger partial charge in [0.2, 0.25) is 5.16 Å². The number of carboxylic acid groups (broad SMARTS) is 1. The third-order valence-corrected chi connectivity index (χ3v) is 4.65. The number of aliphatic hydroxyl groups excluding tert-OH is 1. The fourth-order valence-corrected chi connectivity index (χ4v) is 3.10. The Kier molecular flexibility index (Phi) is 5.43. The van der Waals surface area contributed by atoms with Crippen LogP contribution in [0.3, 0.4) is 0 Å². The summed E-state index contributed by atoms with van der Waals surface area (Å²) >= 11 is 1.20. The highest BCUT2D eigenvalue weighted by atomic mass is 32.2. The Bertz CT molecular complexity index is 958. The number of benzene rings is 2. The Morgan fingerprint density at radius 1 is 1.19 bits per heavy atom. The zero-order valence-corrected chi connectivity index (χ0v) is 14.5. The van der Waals surface area contributed by atoms with Crippen molar-refractivity contribution in [3.63, 3.8) is 0 Å². The van der Waals surface area contributed by atoms with Crippen molar-refractivity contribution >= 4 is 23.4 Å². The second-order valence-electron chi connectivity index (χ2n) is 5.40. The van der Waals surface area contributed by atoms with Gasteiger partial charge in [0.15, 0.2) is 0 Å². The maximum atomic E-state index is 10.9. The van der Waals surface area contributed by atoms with Gasteiger partial charge in [0.05, 0.1) is 22.3 Å². The molecule has 11 heteroatoms. The molecular weight excluding hydrogens is 374 g/mol. The van der Waals surface area contributed by atoms with E-state index in [1.165, 1.54) is 52.8 Å². The van der Waals surface area contributed by atoms with E-state index in [9.17, 15) is 20.0 Å². The number of hydrogen-bond acceptors (Lipinski definition) is 8. The van der Waals surface area contributed by atoms with Crippen LogP contribution in [-0.4, -0.2) is 47.1 Å². The Morgan fingerprint density at radius 2 is 1.85 bits per heavy atom. The predicted molar refractivity (Wildman–Crippen MR) is 94.9 cm³/mol. The van der Waals surface area contributed by atoms with Crippen molar-refractivity contribution in [3.8, 4) is 5.69 Å². The number of thioether (sulfide) groups is 1. The first kappa shape index (κ1) is 18.5. The molecule has 0 saturated carbocycles. The summed E-state index contributed by atoms with van der Waals surface area (Å²) in [6, 6.07) is 11.7. The van der Waals surface area contributed by atoms with Gasteiger partial charge in [-0.15, -0.1) is 5.10 Å². The lowest BCUT2D eigenvalue weighted by Crippen LogP contribution is -2.04. The molecule has 0 aliphatic rings. The van der Waals surface area contributed by atoms with Gasteiger partial charge >= 0.3 is 5.97 Å². The van der Waals surface area contributed by atoms with Crippen LogP contribution >= 0.6 is 11.8 Å². The van der Waals surface area contributed by atoms with Crippen molar-refractivity contribution in [2.75, 3.05) is 5.75 Å². The van der Waals surface area contributed by atoms with E-state index in [2.05, 4.69) is 15.5 Å². The molecule has 1 aromatic heterocycles. The molecule has 1 heterocycles. The molecule has 10 nitrogen and oxygen atoms in total. The van der Waals surface area contributed by atoms with Gasteiger partial charge in [-0.3, -0.25) is 10.1 Å². The number of rotatable bonds is 7. The van der Waals surface area contributed by atoms with Crippen molar-refractivity contribution < 1.29 is 19.9 Å². The highest BCUT2D eigenvalue weighted by Crippen LogP contribution is 2.25. The van der Waals surface area contributed by atoms with Gasteiger partial charge in [-0.1, -0.05) is 11.8 Å². The van der Waals surface area contributed by atoms with E-state index >= 15 is 0 Å². The molecule has 0 fully saturated rings. The predicted octanol–water partition coefficient (Wildman–Crippen LogP) is 2.09. The molecule has 0 bridgehead atoms. The minimum Gasteiger partial charge on any atom is -0.478 e. The Balaban J connectivity index is 1.69. The molecule has 3 aromatic rings. The summed E-state index contributed by atoms with van der Waals surface area (Å²) in [5, 5.41) is 41.7. The van der Waals surface area contributed by atoms with E-state index < -0.39 is 17.0 Å². The molecule has 0 unspecified atom stereocenters. The number of aliphatic hydroxyl groups is 1. The number of carboxylic acids is 1. The molecule has 3 rings (SSSR count). The zero-order chi connectivity index (χ0) is 19.4. The van der Waals surface area contributed by atoms with Gasteiger partial charge in [0, 0.05) is 17.9 Å². The first-order valence-electron chi connectivity index (χ1n) is 7.63. The van der Waals surface area contributed by atoms with Crippen LogP contribution in [-0.2, 0) is 0 Å². The average Bonchev–Trinajstić information content (AvgIpc) is 3.14. The number of carbonyl (C=O) groups is 1. The molecule has 0 radical (unpaired) electrons. The highest BCUT2D eigenvalue weighted by Gasteiger charge is 2.15. The van der Waals surface area contributed by atoms with Crippen LogP contribution in [0, 0.1) is 10.1 Å². The second-order valence-corrected chi connectivity index (χ2v) is 6.39. The third kappa shape index (κ3) is 4.27. The summed E-state index contributed by atoms with van der Waals surface area (Å²) in [7, 11) is 0. The van der Waals surface area contributed by atoms with Crippen LogP contribution in [0.4, 0.5) is 5.69 Å². The molecule has 0 spiro atoms. The van der Waals surface area contributed by atoms with Crippen LogP contribution in [0.25, 0.3) is 5.69 Å². The van der Waals surface area contributed by atoms with Crippen molar-refractivity contribution in [1.82, 2.24) is 20.2 Å². The number of nitrogens with zero attached hydrogens (tertiary/aromatic N) is 5. The SMILES string of the molecule is O=C(O)c1ccc(-n2nnnc2SC[C@@H](O)c2ccc([N+](=O)[O-])cc2)cc1. The molecule has 0 aliphatic carbocycles. The van der Waals surface area contributed by atoms with Crippen molar-refractivity contribution in [1.29, 1.82) is 0 Å². The van der Waals surface area contributed by atoms with Crippen LogP contribution in [0.1, 0.15) is 22.0 Å². The summed E-state index contributed by atoms with van der Waals surface area (Å²) in [6.07, 6.45) is -0.865. The summed E-state index contributed by atoms with van der Waals surface area (Å²) in [6.45, 7) is 0. The normalized spacial score (nSPS) is 11.9. The van der Waals surface area contributed by atoms with E-state index in [1.807, 2.05) is 0 Å². The Labute approximate surface area is 156 Å². The first-order valence-corrected chi connectivity index (χ1v) is 8.61. The molecule has 0 saturated heterocycles. The Morgan fingerprint density at radius 3 is 2.44 bits per heavy atom. The van der Waals surface area contributed by atoms with Crippen LogP contribution < -0.4 is 0 Å². The van der Waals surface area contributed by atoms with E-state index in [-0.39, 0.29) is 17.0 Å². The maximum absolute atomic E-state index is 10.9. The van der Waals surface area contributed by atoms with Gasteiger partial charge in [-0.25, -0.2) is 4.79 Å². The highest BCUT2D eigenvalue weighted by molar-refractivity contribution is 7.99. The summed E-state index contributed by atoms with van der Waals surface area (Å²) in [5.41, 5.74) is 1.22. The van der Waals surface area contributed by atoms with Crippen LogP contribution in [0.5, 0.6) is 0 Å². The number of hydrogen-bond donors (Lipinski definition) is 2. The lowest BCUT2D eigenvalue weighted by molar-refractivity contribution is -0.384. The van der Waals surface area contributed by atoms with E-state index in [0.717, 1.165) is 0 Å². The van der Waals surface area contributed by atoms with Crippen molar-refractivity contribution in [2.45, 2.75) is 11.3 Å². The van der Waals surface area contributed by atoms with Gasteiger partial charge in [0.1, 0.15) is 0 Å². The minimum absolute atomic E-state index is 0.0487. The van der Waals surface area contributed by atoms with E-state index in [4.69, 9.17) is 5.11 Å². The van der Waals surface area contributed by atoms with Gasteiger partial charge < -0.3 is 10.2 Å². The first-order chi connectivity index (χ1) is 13.0. The zero-order valence-electron chi connectivity index (χ0n) is 13.7. The molecule has 27 heavy (non-hydrogen) atoms. The van der Waals surface area contributed by atoms with Crippen LogP contribution in [0.15, 0.2) is 53.7 Å². The number of nitro groups is 1. The summed E-state index contributed by atoms with van der Waals surface area (Å²) < 4.78 is 1.43. The van der Waals surface area contributed by atoms with Gasteiger partial charge in [-0.05, 0) is 52.4 Å². The van der Waals surface area contributed by atoms with Gasteiger partial charge in [0.25, 0.3) is 5.69 Å². The molecular formula is C16H13N5O5S. The van der Waals surface area contributed by atoms with E-state index in [0.29, 0.717) is 16.4 Å². The smallest absolute Gasteiger partial charge is 0.335 e.